The lowest BCUT2D eigenvalue weighted by molar-refractivity contribution is -0.133. The van der Waals surface area contributed by atoms with E-state index in [0.717, 1.165) is 67.3 Å². The Kier molecular flexibility index (Phi) is 6.97. The number of rotatable bonds is 5. The number of piperazine rings is 1. The Morgan fingerprint density at radius 1 is 1.09 bits per heavy atom. The minimum atomic E-state index is 0.261. The van der Waals surface area contributed by atoms with Crippen LogP contribution in [0, 0.1) is 5.92 Å². The smallest absolute Gasteiger partial charge is 0.222 e. The number of carbonyl (C=O) groups excluding carboxylic acids is 1. The van der Waals surface area contributed by atoms with Gasteiger partial charge >= 0.3 is 0 Å². The normalized spacial score (nSPS) is 17.5. The van der Waals surface area contributed by atoms with E-state index in [0.29, 0.717) is 42.0 Å². The largest absolute Gasteiger partial charge is 0.381 e. The van der Waals surface area contributed by atoms with E-state index in [2.05, 4.69) is 20.5 Å². The third-order valence-corrected chi connectivity index (χ3v) is 7.46. The molecular weight excluding hydrogens is 473 g/mol. The summed E-state index contributed by atoms with van der Waals surface area (Å²) >= 11 is 12.6. The molecule has 5 rings (SSSR count). The molecule has 2 fully saturated rings. The van der Waals surface area contributed by atoms with Gasteiger partial charge in [0.2, 0.25) is 5.91 Å². The molecule has 0 atom stereocenters. The van der Waals surface area contributed by atoms with Crippen LogP contribution in [0.5, 0.6) is 0 Å². The number of pyridine rings is 1. The molecular formula is C25H29Cl2N5O2. The third kappa shape index (κ3) is 4.75. The molecule has 2 saturated heterocycles. The molecule has 4 heterocycles. The highest BCUT2D eigenvalue weighted by molar-refractivity contribution is 6.36. The van der Waals surface area contributed by atoms with E-state index in [-0.39, 0.29) is 5.91 Å². The Labute approximate surface area is 209 Å². The number of nitrogens with zero attached hydrogens (tertiary/aromatic N) is 4. The van der Waals surface area contributed by atoms with Crippen LogP contribution in [-0.2, 0) is 16.1 Å². The second-order valence-electron chi connectivity index (χ2n) is 9.01. The average molecular weight is 502 g/mol. The second-order valence-corrected chi connectivity index (χ2v) is 9.86. The van der Waals surface area contributed by atoms with Crippen LogP contribution in [0.25, 0.3) is 16.8 Å². The molecule has 1 aromatic carbocycles. The van der Waals surface area contributed by atoms with Crippen molar-refractivity contribution in [1.29, 1.82) is 0 Å². The zero-order valence-corrected chi connectivity index (χ0v) is 20.6. The number of carbonyl (C=O) groups is 1. The van der Waals surface area contributed by atoms with Crippen LogP contribution in [0.1, 0.15) is 24.8 Å². The summed E-state index contributed by atoms with van der Waals surface area (Å²) in [5.41, 5.74) is 9.71. The fraction of sp³-hybridized carbons (Fsp3) is 0.440. The lowest BCUT2D eigenvalue weighted by Crippen LogP contribution is -2.49. The standard InChI is InChI=1S/C25H29Cl2N5O2/c26-19-1-2-20(22(27)13-19)21-16-32-23(12-18(21)14-28)29-15-24(32)30-5-7-31(8-6-30)25(33)11-17-3-9-34-10-4-17/h1-2,12-13,15-17H,3-11,14,28H2. The lowest BCUT2D eigenvalue weighted by atomic mass is 9.96. The van der Waals surface area contributed by atoms with E-state index in [1.165, 1.54) is 0 Å². The van der Waals surface area contributed by atoms with Crippen LogP contribution in [-0.4, -0.2) is 59.6 Å². The second kappa shape index (κ2) is 10.1. The van der Waals surface area contributed by atoms with Crippen molar-refractivity contribution in [3.63, 3.8) is 0 Å². The number of hydrogen-bond donors (Lipinski definition) is 1. The fourth-order valence-electron chi connectivity index (χ4n) is 4.92. The highest BCUT2D eigenvalue weighted by Crippen LogP contribution is 2.34. The molecule has 2 aromatic heterocycles. The van der Waals surface area contributed by atoms with Crippen molar-refractivity contribution in [2.75, 3.05) is 44.3 Å². The van der Waals surface area contributed by atoms with Crippen LogP contribution < -0.4 is 10.6 Å². The molecule has 0 spiro atoms. The van der Waals surface area contributed by atoms with E-state index < -0.39 is 0 Å². The zero-order chi connectivity index (χ0) is 23.7. The maximum Gasteiger partial charge on any atom is 0.222 e. The molecule has 34 heavy (non-hydrogen) atoms. The van der Waals surface area contributed by atoms with Gasteiger partial charge in [-0.25, -0.2) is 4.98 Å². The van der Waals surface area contributed by atoms with Gasteiger partial charge in [-0.2, -0.15) is 0 Å². The Bertz CT molecular complexity index is 1180. The Morgan fingerprint density at radius 2 is 1.85 bits per heavy atom. The molecule has 0 bridgehead atoms. The predicted molar refractivity (Wildman–Crippen MR) is 135 cm³/mol. The van der Waals surface area contributed by atoms with Gasteiger partial charge in [0.15, 0.2) is 0 Å². The monoisotopic (exact) mass is 501 g/mol. The number of imidazole rings is 1. The molecule has 7 nitrogen and oxygen atoms in total. The zero-order valence-electron chi connectivity index (χ0n) is 19.1. The minimum Gasteiger partial charge on any atom is -0.381 e. The molecule has 2 aliphatic rings. The number of halogens is 2. The third-order valence-electron chi connectivity index (χ3n) is 6.92. The van der Waals surface area contributed by atoms with Gasteiger partial charge in [0, 0.05) is 79.7 Å². The van der Waals surface area contributed by atoms with Crippen molar-refractivity contribution in [3.8, 4) is 11.1 Å². The van der Waals surface area contributed by atoms with Gasteiger partial charge in [0.1, 0.15) is 11.5 Å². The summed E-state index contributed by atoms with van der Waals surface area (Å²) in [6, 6.07) is 7.51. The van der Waals surface area contributed by atoms with Crippen molar-refractivity contribution >= 4 is 40.6 Å². The van der Waals surface area contributed by atoms with Crippen molar-refractivity contribution < 1.29 is 9.53 Å². The number of benzene rings is 1. The van der Waals surface area contributed by atoms with Crippen molar-refractivity contribution in [2.24, 2.45) is 11.7 Å². The maximum absolute atomic E-state index is 12.8. The first-order valence-electron chi connectivity index (χ1n) is 11.8. The summed E-state index contributed by atoms with van der Waals surface area (Å²) in [6.07, 6.45) is 6.54. The van der Waals surface area contributed by atoms with E-state index >= 15 is 0 Å². The number of amides is 1. The van der Waals surface area contributed by atoms with Crippen LogP contribution in [0.3, 0.4) is 0 Å². The molecule has 180 valence electrons. The van der Waals surface area contributed by atoms with Gasteiger partial charge in [-0.1, -0.05) is 29.3 Å². The molecule has 3 aromatic rings. The molecule has 2 aliphatic heterocycles. The van der Waals surface area contributed by atoms with E-state index in [4.69, 9.17) is 33.7 Å². The Balaban J connectivity index is 1.35. The number of ether oxygens (including phenoxy) is 1. The quantitative estimate of drug-likeness (QED) is 0.565. The predicted octanol–water partition coefficient (Wildman–Crippen LogP) is 4.23. The van der Waals surface area contributed by atoms with E-state index in [1.807, 2.05) is 29.3 Å². The van der Waals surface area contributed by atoms with Gasteiger partial charge in [0.25, 0.3) is 0 Å². The van der Waals surface area contributed by atoms with Gasteiger partial charge in [-0.3, -0.25) is 9.20 Å². The highest BCUT2D eigenvalue weighted by atomic mass is 35.5. The maximum atomic E-state index is 12.8. The van der Waals surface area contributed by atoms with E-state index in [1.54, 1.807) is 6.07 Å². The number of aromatic nitrogens is 2. The molecule has 0 aliphatic carbocycles. The first-order valence-corrected chi connectivity index (χ1v) is 12.5. The molecule has 9 heteroatoms. The van der Waals surface area contributed by atoms with Gasteiger partial charge in [0.05, 0.1) is 6.20 Å². The summed E-state index contributed by atoms with van der Waals surface area (Å²) in [4.78, 5) is 21.7. The molecule has 0 radical (unpaired) electrons. The molecule has 1 amide bonds. The Hall–Kier alpha value is -2.32. The van der Waals surface area contributed by atoms with E-state index in [9.17, 15) is 4.79 Å². The summed E-state index contributed by atoms with van der Waals surface area (Å²) in [7, 11) is 0. The van der Waals surface area contributed by atoms with Gasteiger partial charge in [-0.15, -0.1) is 0 Å². The van der Waals surface area contributed by atoms with Crippen molar-refractivity contribution in [2.45, 2.75) is 25.8 Å². The average Bonchev–Trinajstić information content (AvgIpc) is 3.27. The lowest BCUT2D eigenvalue weighted by Gasteiger charge is -2.36. The summed E-state index contributed by atoms with van der Waals surface area (Å²) in [5.74, 6) is 1.71. The summed E-state index contributed by atoms with van der Waals surface area (Å²) in [5, 5.41) is 1.18. The minimum absolute atomic E-state index is 0.261. The summed E-state index contributed by atoms with van der Waals surface area (Å²) < 4.78 is 7.50. The molecule has 2 N–H and O–H groups in total. The van der Waals surface area contributed by atoms with Crippen molar-refractivity contribution in [1.82, 2.24) is 14.3 Å². The summed E-state index contributed by atoms with van der Waals surface area (Å²) in [6.45, 7) is 4.88. The topological polar surface area (TPSA) is 76.1 Å². The van der Waals surface area contributed by atoms with Gasteiger partial charge in [-0.05, 0) is 42.5 Å². The van der Waals surface area contributed by atoms with Crippen LogP contribution in [0.2, 0.25) is 10.0 Å². The van der Waals surface area contributed by atoms with Gasteiger partial charge < -0.3 is 20.3 Å². The van der Waals surface area contributed by atoms with Crippen molar-refractivity contribution in [3.05, 3.63) is 52.3 Å². The van der Waals surface area contributed by atoms with Crippen LogP contribution >= 0.6 is 23.2 Å². The fourth-order valence-corrected chi connectivity index (χ4v) is 5.43. The Morgan fingerprint density at radius 3 is 2.56 bits per heavy atom. The number of hydrogen-bond acceptors (Lipinski definition) is 5. The number of nitrogens with two attached hydrogens (primary N) is 1. The molecule has 0 unspecified atom stereocenters. The first-order chi connectivity index (χ1) is 16.5. The number of anilines is 1. The SMILES string of the molecule is NCc1cc2ncc(N3CCN(C(=O)CC4CCOCC4)CC3)n2cc1-c1ccc(Cl)cc1Cl. The highest BCUT2D eigenvalue weighted by Gasteiger charge is 2.26. The number of fused-ring (bicyclic) bond motifs is 1. The van der Waals surface area contributed by atoms with Crippen LogP contribution in [0.4, 0.5) is 5.82 Å². The first kappa shape index (κ1) is 23.4. The van der Waals surface area contributed by atoms with Crippen LogP contribution in [0.15, 0.2) is 36.7 Å². The molecule has 0 saturated carbocycles.